The second kappa shape index (κ2) is 8.78. The molecule has 1 amide bonds. The average molecular weight is 398 g/mol. The van der Waals surface area contributed by atoms with Crippen LogP contribution < -0.4 is 14.8 Å². The second-order valence-corrected chi connectivity index (χ2v) is 6.06. The summed E-state index contributed by atoms with van der Waals surface area (Å²) in [6.07, 6.45) is -1.03. The maximum atomic E-state index is 12.2. The Hall–Kier alpha value is -2.44. The molecule has 26 heavy (non-hydrogen) atoms. The lowest BCUT2D eigenvalue weighted by molar-refractivity contribution is -0.123. The predicted molar refractivity (Wildman–Crippen MR) is 99.5 cm³/mol. The number of rotatable bonds is 6. The molecular weight excluding hydrogens is 381 g/mol. The number of esters is 1. The van der Waals surface area contributed by atoms with Gasteiger partial charge in [0.15, 0.2) is 11.9 Å². The molecule has 0 aliphatic rings. The highest BCUT2D eigenvalue weighted by atomic mass is 35.5. The van der Waals surface area contributed by atoms with Crippen molar-refractivity contribution in [3.05, 3.63) is 52.0 Å². The van der Waals surface area contributed by atoms with E-state index < -0.39 is 18.0 Å². The van der Waals surface area contributed by atoms with Crippen LogP contribution in [-0.2, 0) is 9.53 Å². The van der Waals surface area contributed by atoms with Crippen molar-refractivity contribution in [3.8, 4) is 11.5 Å². The van der Waals surface area contributed by atoms with Gasteiger partial charge in [-0.15, -0.1) is 0 Å². The van der Waals surface area contributed by atoms with E-state index in [2.05, 4.69) is 5.32 Å². The molecule has 8 heteroatoms. The van der Waals surface area contributed by atoms with Crippen molar-refractivity contribution in [3.63, 3.8) is 0 Å². The Balaban J connectivity index is 2.05. The van der Waals surface area contributed by atoms with Crippen LogP contribution in [0.3, 0.4) is 0 Å². The van der Waals surface area contributed by atoms with Crippen molar-refractivity contribution < 1.29 is 23.8 Å². The predicted octanol–water partition coefficient (Wildman–Crippen LogP) is 4.19. The molecule has 0 aliphatic carbocycles. The topological polar surface area (TPSA) is 73.9 Å². The molecule has 0 unspecified atom stereocenters. The first-order chi connectivity index (χ1) is 12.3. The van der Waals surface area contributed by atoms with E-state index >= 15 is 0 Å². The summed E-state index contributed by atoms with van der Waals surface area (Å²) in [7, 11) is 2.94. The summed E-state index contributed by atoms with van der Waals surface area (Å²) in [5.74, 6) is -0.370. The fourth-order valence-electron chi connectivity index (χ4n) is 2.10. The standard InChI is InChI=1S/C18H17Cl2NO5/c1-10(17(22)21-12-5-4-6-13(9-12)24-2)26-18(23)11-7-14(19)16(25-3)15(20)8-11/h4-10H,1-3H3,(H,21,22)/t10-/m1/s1. The van der Waals surface area contributed by atoms with Crippen molar-refractivity contribution in [2.75, 3.05) is 19.5 Å². The molecule has 0 bridgehead atoms. The van der Waals surface area contributed by atoms with Gasteiger partial charge in [-0.2, -0.15) is 0 Å². The zero-order valence-corrected chi connectivity index (χ0v) is 15.9. The van der Waals surface area contributed by atoms with E-state index in [9.17, 15) is 9.59 Å². The molecule has 0 spiro atoms. The van der Waals surface area contributed by atoms with E-state index in [4.69, 9.17) is 37.4 Å². The third-order valence-corrected chi connectivity index (χ3v) is 3.99. The van der Waals surface area contributed by atoms with E-state index in [0.29, 0.717) is 11.4 Å². The molecule has 2 aromatic carbocycles. The first-order valence-electron chi connectivity index (χ1n) is 7.54. The number of anilines is 1. The number of methoxy groups -OCH3 is 2. The summed E-state index contributed by atoms with van der Waals surface area (Å²) >= 11 is 12.0. The molecule has 1 atom stereocenters. The first kappa shape index (κ1) is 19.9. The number of ether oxygens (including phenoxy) is 3. The molecule has 1 N–H and O–H groups in total. The molecule has 6 nitrogen and oxygen atoms in total. The number of benzene rings is 2. The van der Waals surface area contributed by atoms with Gasteiger partial charge in [-0.05, 0) is 31.2 Å². The Morgan fingerprint density at radius 1 is 1.04 bits per heavy atom. The fraction of sp³-hybridized carbons (Fsp3) is 0.222. The number of amides is 1. The van der Waals surface area contributed by atoms with Gasteiger partial charge in [-0.1, -0.05) is 29.3 Å². The molecule has 0 aliphatic heterocycles. The number of hydrogen-bond donors (Lipinski definition) is 1. The minimum Gasteiger partial charge on any atom is -0.497 e. The van der Waals surface area contributed by atoms with E-state index in [-0.39, 0.29) is 21.4 Å². The molecule has 2 rings (SSSR count). The fourth-order valence-corrected chi connectivity index (χ4v) is 2.74. The molecular formula is C18H17Cl2NO5. The van der Waals surface area contributed by atoms with Crippen LogP contribution in [0, 0.1) is 0 Å². The summed E-state index contributed by atoms with van der Waals surface area (Å²) in [6.45, 7) is 1.46. The number of carbonyl (C=O) groups excluding carboxylic acids is 2. The van der Waals surface area contributed by atoms with Crippen LogP contribution in [0.25, 0.3) is 0 Å². The van der Waals surface area contributed by atoms with Gasteiger partial charge in [0.25, 0.3) is 5.91 Å². The van der Waals surface area contributed by atoms with Crippen LogP contribution >= 0.6 is 23.2 Å². The Kier molecular flexibility index (Phi) is 6.71. The zero-order chi connectivity index (χ0) is 19.3. The molecule has 2 aromatic rings. The van der Waals surface area contributed by atoms with E-state index in [1.165, 1.54) is 33.3 Å². The number of halogens is 2. The Bertz CT molecular complexity index is 802. The van der Waals surface area contributed by atoms with Gasteiger partial charge in [-0.3, -0.25) is 4.79 Å². The van der Waals surface area contributed by atoms with Crippen molar-refractivity contribution in [2.24, 2.45) is 0 Å². The van der Waals surface area contributed by atoms with Crippen LogP contribution in [0.1, 0.15) is 17.3 Å². The van der Waals surface area contributed by atoms with Gasteiger partial charge in [0.05, 0.1) is 29.8 Å². The SMILES string of the molecule is COc1cccc(NC(=O)[C@@H](C)OC(=O)c2cc(Cl)c(OC)c(Cl)c2)c1. The maximum absolute atomic E-state index is 12.2. The van der Waals surface area contributed by atoms with E-state index in [1.54, 1.807) is 24.3 Å². The quantitative estimate of drug-likeness (QED) is 0.739. The van der Waals surface area contributed by atoms with Gasteiger partial charge in [-0.25, -0.2) is 4.79 Å². The smallest absolute Gasteiger partial charge is 0.339 e. The molecule has 0 aromatic heterocycles. The third kappa shape index (κ3) is 4.80. The minimum absolute atomic E-state index is 0.113. The second-order valence-electron chi connectivity index (χ2n) is 5.24. The van der Waals surface area contributed by atoms with Crippen LogP contribution in [0.5, 0.6) is 11.5 Å². The normalized spacial score (nSPS) is 11.4. The molecule has 138 valence electrons. The monoisotopic (exact) mass is 397 g/mol. The van der Waals surface area contributed by atoms with E-state index in [1.807, 2.05) is 0 Å². The van der Waals surface area contributed by atoms with Gasteiger partial charge >= 0.3 is 5.97 Å². The highest BCUT2D eigenvalue weighted by Gasteiger charge is 2.21. The molecule has 0 radical (unpaired) electrons. The Morgan fingerprint density at radius 2 is 1.69 bits per heavy atom. The van der Waals surface area contributed by atoms with Crippen molar-refractivity contribution in [2.45, 2.75) is 13.0 Å². The highest BCUT2D eigenvalue weighted by molar-refractivity contribution is 6.37. The number of nitrogens with one attached hydrogen (secondary N) is 1. The largest absolute Gasteiger partial charge is 0.497 e. The van der Waals surface area contributed by atoms with Crippen molar-refractivity contribution in [1.29, 1.82) is 0 Å². The van der Waals surface area contributed by atoms with Crippen LogP contribution in [-0.4, -0.2) is 32.2 Å². The third-order valence-electron chi connectivity index (χ3n) is 3.43. The Morgan fingerprint density at radius 3 is 2.27 bits per heavy atom. The molecule has 0 heterocycles. The Labute approximate surface area is 160 Å². The average Bonchev–Trinajstić information content (AvgIpc) is 2.61. The lowest BCUT2D eigenvalue weighted by atomic mass is 10.2. The first-order valence-corrected chi connectivity index (χ1v) is 8.30. The maximum Gasteiger partial charge on any atom is 0.339 e. The van der Waals surface area contributed by atoms with E-state index in [0.717, 1.165) is 0 Å². The molecule has 0 saturated heterocycles. The van der Waals surface area contributed by atoms with Gasteiger partial charge in [0.2, 0.25) is 0 Å². The summed E-state index contributed by atoms with van der Waals surface area (Å²) in [5, 5.41) is 2.98. The summed E-state index contributed by atoms with van der Waals surface area (Å²) in [5.41, 5.74) is 0.634. The van der Waals surface area contributed by atoms with Gasteiger partial charge in [0.1, 0.15) is 5.75 Å². The van der Waals surface area contributed by atoms with Crippen LogP contribution in [0.4, 0.5) is 5.69 Å². The number of hydrogen-bond acceptors (Lipinski definition) is 5. The summed E-state index contributed by atoms with van der Waals surface area (Å²) in [4.78, 5) is 24.4. The van der Waals surface area contributed by atoms with Crippen molar-refractivity contribution in [1.82, 2.24) is 0 Å². The van der Waals surface area contributed by atoms with Crippen LogP contribution in [0.2, 0.25) is 10.0 Å². The van der Waals surface area contributed by atoms with Gasteiger partial charge < -0.3 is 19.5 Å². The molecule has 0 fully saturated rings. The number of carbonyl (C=O) groups is 2. The van der Waals surface area contributed by atoms with Gasteiger partial charge in [0, 0.05) is 11.8 Å². The lowest BCUT2D eigenvalue weighted by Gasteiger charge is -2.15. The zero-order valence-electron chi connectivity index (χ0n) is 14.3. The highest BCUT2D eigenvalue weighted by Crippen LogP contribution is 2.34. The van der Waals surface area contributed by atoms with Crippen LogP contribution in [0.15, 0.2) is 36.4 Å². The van der Waals surface area contributed by atoms with Crippen molar-refractivity contribution >= 4 is 40.8 Å². The minimum atomic E-state index is -1.03. The molecule has 0 saturated carbocycles. The summed E-state index contributed by atoms with van der Waals surface area (Å²) in [6, 6.07) is 9.54. The lowest BCUT2D eigenvalue weighted by Crippen LogP contribution is -2.30. The summed E-state index contributed by atoms with van der Waals surface area (Å²) < 4.78 is 15.3.